The van der Waals surface area contributed by atoms with Gasteiger partial charge >= 0.3 is 12.1 Å². The molecular formula is C12H13F3N2O4. The Bertz CT molecular complexity index is 546. The maximum absolute atomic E-state index is 13.0. The van der Waals surface area contributed by atoms with E-state index in [1.807, 2.05) is 0 Å². The number of benzene rings is 1. The minimum Gasteiger partial charge on any atom is -0.481 e. The van der Waals surface area contributed by atoms with Crippen molar-refractivity contribution in [1.29, 1.82) is 0 Å². The predicted octanol–water partition coefficient (Wildman–Crippen LogP) is 2.91. The van der Waals surface area contributed by atoms with E-state index >= 15 is 0 Å². The Balaban J connectivity index is 3.26. The van der Waals surface area contributed by atoms with Crippen LogP contribution in [0.1, 0.15) is 18.9 Å². The molecule has 6 nitrogen and oxygen atoms in total. The van der Waals surface area contributed by atoms with Crippen LogP contribution in [0.5, 0.6) is 0 Å². The predicted molar refractivity (Wildman–Crippen MR) is 68.2 cm³/mol. The highest BCUT2D eigenvalue weighted by Gasteiger charge is 2.36. The highest BCUT2D eigenvalue weighted by atomic mass is 19.4. The first-order valence-electron chi connectivity index (χ1n) is 5.99. The second-order valence-corrected chi connectivity index (χ2v) is 4.18. The SMILES string of the molecule is CCN(CCC(=O)O)c1ccc([N+](=O)[O-])cc1C(F)(F)F. The van der Waals surface area contributed by atoms with Crippen molar-refractivity contribution in [2.45, 2.75) is 19.5 Å². The van der Waals surface area contributed by atoms with Crippen LogP contribution >= 0.6 is 0 Å². The summed E-state index contributed by atoms with van der Waals surface area (Å²) in [7, 11) is 0. The molecule has 0 radical (unpaired) electrons. The lowest BCUT2D eigenvalue weighted by atomic mass is 10.1. The van der Waals surface area contributed by atoms with E-state index in [9.17, 15) is 28.1 Å². The smallest absolute Gasteiger partial charge is 0.418 e. The number of carbonyl (C=O) groups is 1. The van der Waals surface area contributed by atoms with Gasteiger partial charge in [0.15, 0.2) is 0 Å². The van der Waals surface area contributed by atoms with Gasteiger partial charge in [-0.25, -0.2) is 0 Å². The molecule has 21 heavy (non-hydrogen) atoms. The normalized spacial score (nSPS) is 11.2. The summed E-state index contributed by atoms with van der Waals surface area (Å²) >= 11 is 0. The Morgan fingerprint density at radius 2 is 2.05 bits per heavy atom. The monoisotopic (exact) mass is 306 g/mol. The largest absolute Gasteiger partial charge is 0.481 e. The number of nitro groups is 1. The number of hydrogen-bond donors (Lipinski definition) is 1. The third kappa shape index (κ3) is 4.33. The topological polar surface area (TPSA) is 83.7 Å². The van der Waals surface area contributed by atoms with E-state index in [1.165, 1.54) is 4.90 Å². The van der Waals surface area contributed by atoms with E-state index in [4.69, 9.17) is 5.11 Å². The number of aliphatic carboxylic acids is 1. The molecule has 0 aliphatic heterocycles. The lowest BCUT2D eigenvalue weighted by Gasteiger charge is -2.25. The van der Waals surface area contributed by atoms with Gasteiger partial charge < -0.3 is 10.0 Å². The Hall–Kier alpha value is -2.32. The first-order valence-corrected chi connectivity index (χ1v) is 5.99. The Morgan fingerprint density at radius 1 is 1.43 bits per heavy atom. The van der Waals surface area contributed by atoms with Gasteiger partial charge in [0.05, 0.1) is 16.9 Å². The molecule has 0 atom stereocenters. The van der Waals surface area contributed by atoms with E-state index in [-0.39, 0.29) is 25.2 Å². The number of carboxylic acids is 1. The highest BCUT2D eigenvalue weighted by Crippen LogP contribution is 2.38. The van der Waals surface area contributed by atoms with Crippen LogP contribution in [-0.2, 0) is 11.0 Å². The Labute approximate surface area is 117 Å². The summed E-state index contributed by atoms with van der Waals surface area (Å²) in [4.78, 5) is 21.4. The molecule has 1 aromatic carbocycles. The second-order valence-electron chi connectivity index (χ2n) is 4.18. The van der Waals surface area contributed by atoms with Crippen molar-refractivity contribution >= 4 is 17.3 Å². The molecule has 0 amide bonds. The second kappa shape index (κ2) is 6.42. The van der Waals surface area contributed by atoms with Gasteiger partial charge in [-0.2, -0.15) is 13.2 Å². The molecule has 1 aromatic rings. The van der Waals surface area contributed by atoms with E-state index in [2.05, 4.69) is 0 Å². The van der Waals surface area contributed by atoms with Gasteiger partial charge in [0.2, 0.25) is 0 Å². The van der Waals surface area contributed by atoms with Gasteiger partial charge in [0.1, 0.15) is 0 Å². The zero-order chi connectivity index (χ0) is 16.2. The van der Waals surface area contributed by atoms with Crippen molar-refractivity contribution in [3.8, 4) is 0 Å². The average Bonchev–Trinajstić information content (AvgIpc) is 2.37. The first-order chi connectivity index (χ1) is 9.66. The molecule has 0 aromatic heterocycles. The molecule has 9 heteroatoms. The van der Waals surface area contributed by atoms with E-state index in [0.717, 1.165) is 12.1 Å². The minimum absolute atomic E-state index is 0.118. The van der Waals surface area contributed by atoms with Crippen LogP contribution < -0.4 is 4.90 Å². The molecule has 0 saturated heterocycles. The molecule has 1 N–H and O–H groups in total. The number of hydrogen-bond acceptors (Lipinski definition) is 4. The number of halogens is 3. The molecule has 0 saturated carbocycles. The standard InChI is InChI=1S/C12H13F3N2O4/c1-2-16(6-5-11(18)19)10-4-3-8(17(20)21)7-9(10)12(13,14)15/h3-4,7H,2,5-6H2,1H3,(H,18,19). The third-order valence-electron chi connectivity index (χ3n) is 2.81. The number of nitrogens with zero attached hydrogens (tertiary/aromatic N) is 2. The summed E-state index contributed by atoms with van der Waals surface area (Å²) in [5.41, 5.74) is -2.08. The van der Waals surface area contributed by atoms with Gasteiger partial charge in [-0.15, -0.1) is 0 Å². The van der Waals surface area contributed by atoms with Crippen LogP contribution in [0.25, 0.3) is 0 Å². The maximum atomic E-state index is 13.0. The first kappa shape index (κ1) is 16.7. The van der Waals surface area contributed by atoms with Crippen molar-refractivity contribution in [1.82, 2.24) is 0 Å². The number of rotatable bonds is 6. The van der Waals surface area contributed by atoms with Gasteiger partial charge in [0.25, 0.3) is 5.69 Å². The van der Waals surface area contributed by atoms with Crippen molar-refractivity contribution in [3.05, 3.63) is 33.9 Å². The number of carboxylic acid groups (broad SMARTS) is 1. The Kier molecular flexibility index (Phi) is 5.12. The molecule has 116 valence electrons. The molecule has 0 aliphatic rings. The Morgan fingerprint density at radius 3 is 2.48 bits per heavy atom. The van der Waals surface area contributed by atoms with Crippen molar-refractivity contribution in [3.63, 3.8) is 0 Å². The lowest BCUT2D eigenvalue weighted by molar-refractivity contribution is -0.385. The zero-order valence-corrected chi connectivity index (χ0v) is 11.1. The van der Waals surface area contributed by atoms with Crippen LogP contribution in [0.2, 0.25) is 0 Å². The van der Waals surface area contributed by atoms with Crippen LogP contribution in [0.4, 0.5) is 24.5 Å². The fraction of sp³-hybridized carbons (Fsp3) is 0.417. The molecule has 0 spiro atoms. The highest BCUT2D eigenvalue weighted by molar-refractivity contribution is 5.68. The minimum atomic E-state index is -4.77. The maximum Gasteiger partial charge on any atom is 0.418 e. The summed E-state index contributed by atoms with van der Waals surface area (Å²) in [6.45, 7) is 1.60. The van der Waals surface area contributed by atoms with E-state index in [0.29, 0.717) is 6.07 Å². The van der Waals surface area contributed by atoms with Gasteiger partial charge in [-0.3, -0.25) is 14.9 Å². The number of nitro benzene ring substituents is 1. The van der Waals surface area contributed by atoms with Crippen molar-refractivity contribution < 1.29 is 28.0 Å². The number of alkyl halides is 3. The van der Waals surface area contributed by atoms with Gasteiger partial charge in [-0.05, 0) is 13.0 Å². The van der Waals surface area contributed by atoms with Crippen molar-refractivity contribution in [2.75, 3.05) is 18.0 Å². The van der Waals surface area contributed by atoms with Crippen LogP contribution in [-0.4, -0.2) is 29.1 Å². The molecule has 0 bridgehead atoms. The number of anilines is 1. The van der Waals surface area contributed by atoms with Crippen molar-refractivity contribution in [2.24, 2.45) is 0 Å². The van der Waals surface area contributed by atoms with Gasteiger partial charge in [0, 0.05) is 30.9 Å². The molecule has 0 unspecified atom stereocenters. The fourth-order valence-electron chi connectivity index (χ4n) is 1.82. The zero-order valence-electron chi connectivity index (χ0n) is 11.1. The molecule has 0 heterocycles. The molecule has 0 fully saturated rings. The molecule has 0 aliphatic carbocycles. The molecular weight excluding hydrogens is 293 g/mol. The average molecular weight is 306 g/mol. The summed E-state index contributed by atoms with van der Waals surface area (Å²) < 4.78 is 39.1. The van der Waals surface area contributed by atoms with Crippen LogP contribution in [0.3, 0.4) is 0 Å². The quantitative estimate of drug-likeness (QED) is 0.645. The summed E-state index contributed by atoms with van der Waals surface area (Å²) in [5.74, 6) is -1.14. The number of non-ortho nitro benzene ring substituents is 1. The third-order valence-corrected chi connectivity index (χ3v) is 2.81. The summed E-state index contributed by atoms with van der Waals surface area (Å²) in [6.07, 6.45) is -5.10. The fourth-order valence-corrected chi connectivity index (χ4v) is 1.82. The lowest BCUT2D eigenvalue weighted by Crippen LogP contribution is -2.28. The van der Waals surface area contributed by atoms with Crippen LogP contribution in [0, 0.1) is 10.1 Å². The summed E-state index contributed by atoms with van der Waals surface area (Å²) in [6, 6.07) is 2.42. The van der Waals surface area contributed by atoms with Crippen LogP contribution in [0.15, 0.2) is 18.2 Å². The summed E-state index contributed by atoms with van der Waals surface area (Å²) in [5, 5.41) is 19.2. The molecule has 1 rings (SSSR count). The van der Waals surface area contributed by atoms with E-state index in [1.54, 1.807) is 6.92 Å². The van der Waals surface area contributed by atoms with Gasteiger partial charge in [-0.1, -0.05) is 0 Å². The van der Waals surface area contributed by atoms with E-state index < -0.39 is 28.3 Å².